The summed E-state index contributed by atoms with van der Waals surface area (Å²) in [7, 11) is 0. The minimum absolute atomic E-state index is 0.271. The van der Waals surface area contributed by atoms with Crippen LogP contribution in [0.15, 0.2) is 54.9 Å². The van der Waals surface area contributed by atoms with Crippen LogP contribution in [0.1, 0.15) is 22.5 Å². The summed E-state index contributed by atoms with van der Waals surface area (Å²) in [6.45, 7) is 2.94. The number of carbonyl (C=O) groups excluding carboxylic acids is 1. The molecular weight excluding hydrogens is 437 g/mol. The molecule has 0 radical (unpaired) electrons. The maximum atomic E-state index is 12.8. The van der Waals surface area contributed by atoms with Crippen LogP contribution in [-0.4, -0.2) is 46.5 Å². The van der Waals surface area contributed by atoms with Crippen molar-refractivity contribution in [3.05, 3.63) is 66.1 Å². The minimum atomic E-state index is -4.79. The number of amides is 1. The number of alkyl halides is 3. The zero-order valence-corrected chi connectivity index (χ0v) is 17.6. The lowest BCUT2D eigenvalue weighted by Crippen LogP contribution is -2.23. The Morgan fingerprint density at radius 1 is 1.18 bits per heavy atom. The molecule has 1 atom stereocenters. The van der Waals surface area contributed by atoms with Crippen LogP contribution in [0.3, 0.4) is 0 Å². The molecule has 3 aromatic rings. The number of pyridine rings is 2. The van der Waals surface area contributed by atoms with Crippen LogP contribution in [0.5, 0.6) is 5.75 Å². The topological polar surface area (TPSA) is 87.6 Å². The van der Waals surface area contributed by atoms with Gasteiger partial charge in [-0.05, 0) is 49.7 Å². The number of carbonyl (C=O) groups is 1. The van der Waals surface area contributed by atoms with Gasteiger partial charge in [0.1, 0.15) is 11.6 Å². The van der Waals surface area contributed by atoms with Crippen LogP contribution < -0.4 is 15.0 Å². The van der Waals surface area contributed by atoms with Gasteiger partial charge < -0.3 is 20.1 Å². The third kappa shape index (κ3) is 5.40. The summed E-state index contributed by atoms with van der Waals surface area (Å²) in [5.41, 5.74) is 2.85. The lowest BCUT2D eigenvalue weighted by atomic mass is 10.0. The highest BCUT2D eigenvalue weighted by Crippen LogP contribution is 2.33. The maximum Gasteiger partial charge on any atom is 0.573 e. The first-order valence-corrected chi connectivity index (χ1v) is 10.2. The van der Waals surface area contributed by atoms with Gasteiger partial charge in [-0.15, -0.1) is 13.2 Å². The van der Waals surface area contributed by atoms with Crippen LogP contribution in [0, 0.1) is 6.92 Å². The molecule has 7 nitrogen and oxygen atoms in total. The van der Waals surface area contributed by atoms with Crippen molar-refractivity contribution in [2.24, 2.45) is 0 Å². The summed E-state index contributed by atoms with van der Waals surface area (Å²) >= 11 is 0. The van der Waals surface area contributed by atoms with Gasteiger partial charge in [0.2, 0.25) is 0 Å². The predicted octanol–water partition coefficient (Wildman–Crippen LogP) is 4.17. The summed E-state index contributed by atoms with van der Waals surface area (Å²) in [6.07, 6.45) is -1.49. The van der Waals surface area contributed by atoms with E-state index in [9.17, 15) is 23.1 Å². The molecule has 2 aromatic heterocycles. The highest BCUT2D eigenvalue weighted by molar-refractivity contribution is 6.05. The summed E-state index contributed by atoms with van der Waals surface area (Å²) in [5.74, 6) is -0.204. The molecule has 10 heteroatoms. The third-order valence-corrected chi connectivity index (χ3v) is 5.23. The fraction of sp³-hybridized carbons (Fsp3) is 0.261. The second-order valence-corrected chi connectivity index (χ2v) is 7.65. The summed E-state index contributed by atoms with van der Waals surface area (Å²) < 4.78 is 40.8. The van der Waals surface area contributed by atoms with Gasteiger partial charge >= 0.3 is 6.36 Å². The van der Waals surface area contributed by atoms with Gasteiger partial charge in [-0.3, -0.25) is 9.78 Å². The van der Waals surface area contributed by atoms with Gasteiger partial charge in [-0.1, -0.05) is 6.07 Å². The Bertz CT molecular complexity index is 1150. The number of ether oxygens (including phenoxy) is 1. The van der Waals surface area contributed by atoms with Crippen LogP contribution >= 0.6 is 0 Å². The monoisotopic (exact) mass is 458 g/mol. The van der Waals surface area contributed by atoms with Crippen LogP contribution in [-0.2, 0) is 0 Å². The summed E-state index contributed by atoms with van der Waals surface area (Å²) in [6, 6.07) is 10.3. The molecular formula is C23H21F3N4O3. The van der Waals surface area contributed by atoms with Crippen molar-refractivity contribution in [3.8, 4) is 16.9 Å². The molecule has 1 amide bonds. The Balaban J connectivity index is 1.61. The molecule has 4 rings (SSSR count). The zero-order valence-electron chi connectivity index (χ0n) is 17.6. The van der Waals surface area contributed by atoms with E-state index in [0.29, 0.717) is 36.6 Å². The first-order chi connectivity index (χ1) is 15.7. The van der Waals surface area contributed by atoms with Crippen molar-refractivity contribution in [2.75, 3.05) is 23.3 Å². The predicted molar refractivity (Wildman–Crippen MR) is 116 cm³/mol. The number of hydrogen-bond acceptors (Lipinski definition) is 6. The van der Waals surface area contributed by atoms with Crippen molar-refractivity contribution in [1.82, 2.24) is 9.97 Å². The van der Waals surface area contributed by atoms with Crippen LogP contribution in [0.25, 0.3) is 11.1 Å². The van der Waals surface area contributed by atoms with Crippen LogP contribution in [0.4, 0.5) is 24.7 Å². The normalized spacial score (nSPS) is 16.0. The second kappa shape index (κ2) is 9.07. The van der Waals surface area contributed by atoms with Gasteiger partial charge in [-0.25, -0.2) is 4.98 Å². The van der Waals surface area contributed by atoms with E-state index in [1.54, 1.807) is 18.3 Å². The lowest BCUT2D eigenvalue weighted by molar-refractivity contribution is -0.274. The Morgan fingerprint density at radius 2 is 1.94 bits per heavy atom. The number of β-amino-alcohol motifs (C(OH)–C–C–N with tert-alkyl or cyclic N) is 1. The summed E-state index contributed by atoms with van der Waals surface area (Å²) in [4.78, 5) is 23.7. The van der Waals surface area contributed by atoms with Gasteiger partial charge in [0, 0.05) is 48.0 Å². The number of aliphatic hydroxyl groups is 1. The van der Waals surface area contributed by atoms with E-state index in [4.69, 9.17) is 0 Å². The molecule has 33 heavy (non-hydrogen) atoms. The first-order valence-electron chi connectivity index (χ1n) is 10.2. The Hall–Kier alpha value is -3.66. The number of aromatic nitrogens is 2. The quantitative estimate of drug-likeness (QED) is 0.597. The number of aliphatic hydroxyl groups excluding tert-OH is 1. The number of hydrogen-bond donors (Lipinski definition) is 2. The molecule has 1 unspecified atom stereocenters. The van der Waals surface area contributed by atoms with E-state index in [1.165, 1.54) is 18.3 Å². The molecule has 172 valence electrons. The van der Waals surface area contributed by atoms with Crippen LogP contribution in [0.2, 0.25) is 0 Å². The third-order valence-electron chi connectivity index (χ3n) is 5.23. The fourth-order valence-electron chi connectivity index (χ4n) is 3.68. The number of benzene rings is 1. The Morgan fingerprint density at radius 3 is 2.58 bits per heavy atom. The molecule has 1 aromatic carbocycles. The molecule has 0 saturated carbocycles. The highest BCUT2D eigenvalue weighted by Gasteiger charge is 2.31. The van der Waals surface area contributed by atoms with Crippen molar-refractivity contribution in [2.45, 2.75) is 25.8 Å². The standard InChI is InChI=1S/C23H21F3N4O3/c1-14-19(3-2-9-27-14)20-11-15(12-28-21(20)30-10-8-17(31)13-30)22(32)29-16-4-6-18(7-5-16)33-23(24,25)26/h2-7,9,11-12,17,31H,8,10,13H2,1H3,(H,29,32). The smallest absolute Gasteiger partial charge is 0.406 e. The van der Waals surface area contributed by atoms with Crippen molar-refractivity contribution in [3.63, 3.8) is 0 Å². The Kier molecular flexibility index (Phi) is 6.19. The number of halogens is 3. The molecule has 3 heterocycles. The number of anilines is 2. The molecule has 0 aliphatic carbocycles. The van der Waals surface area contributed by atoms with E-state index in [2.05, 4.69) is 20.0 Å². The van der Waals surface area contributed by atoms with Crippen molar-refractivity contribution < 1.29 is 27.8 Å². The molecule has 1 fully saturated rings. The lowest BCUT2D eigenvalue weighted by Gasteiger charge is -2.21. The Labute approximate surface area is 187 Å². The largest absolute Gasteiger partial charge is 0.573 e. The maximum absolute atomic E-state index is 12.8. The van der Waals surface area contributed by atoms with Crippen molar-refractivity contribution in [1.29, 1.82) is 0 Å². The fourth-order valence-corrected chi connectivity index (χ4v) is 3.68. The van der Waals surface area contributed by atoms with Gasteiger partial charge in [0.15, 0.2) is 0 Å². The van der Waals surface area contributed by atoms with E-state index in [1.807, 2.05) is 17.9 Å². The molecule has 1 aliphatic heterocycles. The number of aryl methyl sites for hydroxylation is 1. The first kappa shape index (κ1) is 22.5. The number of nitrogens with zero attached hydrogens (tertiary/aromatic N) is 3. The van der Waals surface area contributed by atoms with E-state index < -0.39 is 18.4 Å². The minimum Gasteiger partial charge on any atom is -0.406 e. The van der Waals surface area contributed by atoms with E-state index >= 15 is 0 Å². The second-order valence-electron chi connectivity index (χ2n) is 7.65. The van der Waals surface area contributed by atoms with E-state index in [0.717, 1.165) is 23.4 Å². The van der Waals surface area contributed by atoms with E-state index in [-0.39, 0.29) is 11.3 Å². The van der Waals surface area contributed by atoms with Gasteiger partial charge in [0.05, 0.1) is 11.7 Å². The van der Waals surface area contributed by atoms with Gasteiger partial charge in [-0.2, -0.15) is 0 Å². The molecule has 0 spiro atoms. The molecule has 1 saturated heterocycles. The average molecular weight is 458 g/mol. The molecule has 2 N–H and O–H groups in total. The zero-order chi connectivity index (χ0) is 23.6. The van der Waals surface area contributed by atoms with Crippen molar-refractivity contribution >= 4 is 17.4 Å². The number of rotatable bonds is 5. The summed E-state index contributed by atoms with van der Waals surface area (Å²) in [5, 5.41) is 12.6. The average Bonchev–Trinajstić information content (AvgIpc) is 3.20. The number of nitrogens with one attached hydrogen (secondary N) is 1. The SMILES string of the molecule is Cc1ncccc1-c1cc(C(=O)Nc2ccc(OC(F)(F)F)cc2)cnc1N1CCC(O)C1. The molecule has 1 aliphatic rings. The van der Waals surface area contributed by atoms with Gasteiger partial charge in [0.25, 0.3) is 5.91 Å². The highest BCUT2D eigenvalue weighted by atomic mass is 19.4. The molecule has 0 bridgehead atoms.